The number of carbonyl (C=O) groups excluding carboxylic acids is 1. The van der Waals surface area contributed by atoms with Gasteiger partial charge in [-0.3, -0.25) is 4.79 Å². The molecule has 0 radical (unpaired) electrons. The molecule has 1 aromatic carbocycles. The van der Waals surface area contributed by atoms with Crippen LogP contribution in [-0.2, 0) is 0 Å². The third-order valence-electron chi connectivity index (χ3n) is 3.79. The minimum Gasteiger partial charge on any atom is -0.495 e. The van der Waals surface area contributed by atoms with Gasteiger partial charge in [-0.1, -0.05) is 13.8 Å². The zero-order valence-electron chi connectivity index (χ0n) is 12.8. The molecule has 0 N–H and O–H groups in total. The van der Waals surface area contributed by atoms with E-state index in [9.17, 15) is 4.79 Å². The Morgan fingerprint density at radius 3 is 2.55 bits per heavy atom. The highest BCUT2D eigenvalue weighted by Gasteiger charge is 2.17. The summed E-state index contributed by atoms with van der Waals surface area (Å²) in [6.45, 7) is 6.26. The molecule has 1 aliphatic heterocycles. The lowest BCUT2D eigenvalue weighted by atomic mass is 10.00. The topological polar surface area (TPSA) is 29.5 Å². The molecule has 3 heteroatoms. The van der Waals surface area contributed by atoms with E-state index in [1.807, 2.05) is 18.2 Å². The van der Waals surface area contributed by atoms with Crippen molar-refractivity contribution in [1.82, 2.24) is 0 Å². The summed E-state index contributed by atoms with van der Waals surface area (Å²) in [7, 11) is 1.69. The molecule has 0 spiro atoms. The van der Waals surface area contributed by atoms with Crippen LogP contribution in [-0.4, -0.2) is 26.0 Å². The maximum Gasteiger partial charge on any atom is 0.163 e. The average molecular weight is 275 g/mol. The molecule has 1 aromatic rings. The van der Waals surface area contributed by atoms with Gasteiger partial charge in [0.05, 0.1) is 12.8 Å². The molecule has 0 amide bonds. The highest BCUT2D eigenvalue weighted by molar-refractivity contribution is 5.97. The van der Waals surface area contributed by atoms with Gasteiger partial charge in [-0.2, -0.15) is 0 Å². The second kappa shape index (κ2) is 6.78. The van der Waals surface area contributed by atoms with Crippen LogP contribution < -0.4 is 9.64 Å². The molecule has 20 heavy (non-hydrogen) atoms. The van der Waals surface area contributed by atoms with Crippen molar-refractivity contribution in [2.45, 2.75) is 39.5 Å². The van der Waals surface area contributed by atoms with Crippen LogP contribution in [0, 0.1) is 5.92 Å². The molecule has 0 aliphatic carbocycles. The number of hydrogen-bond donors (Lipinski definition) is 0. The molecule has 0 unspecified atom stereocenters. The van der Waals surface area contributed by atoms with Gasteiger partial charge in [0, 0.05) is 25.1 Å². The number of piperidine rings is 1. The number of anilines is 1. The van der Waals surface area contributed by atoms with Crippen LogP contribution in [0.5, 0.6) is 5.75 Å². The fraction of sp³-hybridized carbons (Fsp3) is 0.588. The third kappa shape index (κ3) is 3.53. The number of hydrogen-bond acceptors (Lipinski definition) is 3. The summed E-state index contributed by atoms with van der Waals surface area (Å²) in [5.41, 5.74) is 1.88. The Balaban J connectivity index is 2.26. The van der Waals surface area contributed by atoms with Gasteiger partial charge in [-0.15, -0.1) is 0 Å². The van der Waals surface area contributed by atoms with E-state index in [2.05, 4.69) is 18.7 Å². The van der Waals surface area contributed by atoms with Gasteiger partial charge in [-0.25, -0.2) is 0 Å². The minimum atomic E-state index is 0.223. The SMILES string of the molecule is COc1ccc(C(=O)CC(C)C)cc1N1CCCCC1. The number of nitrogens with zero attached hydrogens (tertiary/aromatic N) is 1. The molecule has 110 valence electrons. The lowest BCUT2D eigenvalue weighted by Crippen LogP contribution is -2.29. The molecule has 1 aliphatic rings. The largest absolute Gasteiger partial charge is 0.495 e. The van der Waals surface area contributed by atoms with Crippen LogP contribution in [0.3, 0.4) is 0 Å². The summed E-state index contributed by atoms with van der Waals surface area (Å²) < 4.78 is 5.46. The molecular formula is C17H25NO2. The van der Waals surface area contributed by atoms with Crippen LogP contribution in [0.15, 0.2) is 18.2 Å². The number of methoxy groups -OCH3 is 1. The summed E-state index contributed by atoms with van der Waals surface area (Å²) in [6, 6.07) is 5.82. The van der Waals surface area contributed by atoms with Gasteiger partial charge in [0.15, 0.2) is 5.78 Å². The Morgan fingerprint density at radius 1 is 1.25 bits per heavy atom. The first-order valence-corrected chi connectivity index (χ1v) is 7.58. The van der Waals surface area contributed by atoms with Gasteiger partial charge in [0.1, 0.15) is 5.75 Å². The van der Waals surface area contributed by atoms with Crippen LogP contribution in [0.4, 0.5) is 5.69 Å². The highest BCUT2D eigenvalue weighted by Crippen LogP contribution is 2.32. The van der Waals surface area contributed by atoms with Crippen LogP contribution >= 0.6 is 0 Å². The van der Waals surface area contributed by atoms with Crippen molar-refractivity contribution in [1.29, 1.82) is 0 Å². The number of ketones is 1. The first-order chi connectivity index (χ1) is 9.61. The number of ether oxygens (including phenoxy) is 1. The maximum atomic E-state index is 12.2. The van der Waals surface area contributed by atoms with Crippen molar-refractivity contribution in [3.8, 4) is 5.75 Å². The lowest BCUT2D eigenvalue weighted by Gasteiger charge is -2.30. The Kier molecular flexibility index (Phi) is 5.05. The van der Waals surface area contributed by atoms with Gasteiger partial charge in [-0.05, 0) is 43.4 Å². The summed E-state index contributed by atoms with van der Waals surface area (Å²) in [5.74, 6) is 1.48. The Morgan fingerprint density at radius 2 is 1.95 bits per heavy atom. The molecule has 1 heterocycles. The lowest BCUT2D eigenvalue weighted by molar-refractivity contribution is 0.0968. The predicted octanol–water partition coefficient (Wildman–Crippen LogP) is 3.91. The molecule has 1 fully saturated rings. The highest BCUT2D eigenvalue weighted by atomic mass is 16.5. The van der Waals surface area contributed by atoms with E-state index < -0.39 is 0 Å². The summed E-state index contributed by atoms with van der Waals surface area (Å²) in [5, 5.41) is 0. The third-order valence-corrected chi connectivity index (χ3v) is 3.79. The first kappa shape index (κ1) is 14.9. The van der Waals surface area contributed by atoms with Crippen molar-refractivity contribution in [2.24, 2.45) is 5.92 Å². The molecular weight excluding hydrogens is 250 g/mol. The van der Waals surface area contributed by atoms with Crippen LogP contribution in [0.25, 0.3) is 0 Å². The zero-order chi connectivity index (χ0) is 14.5. The molecule has 1 saturated heterocycles. The van der Waals surface area contributed by atoms with Crippen molar-refractivity contribution in [3.05, 3.63) is 23.8 Å². The normalized spacial score (nSPS) is 15.5. The van der Waals surface area contributed by atoms with Gasteiger partial charge >= 0.3 is 0 Å². The van der Waals surface area contributed by atoms with E-state index in [1.165, 1.54) is 19.3 Å². The van der Waals surface area contributed by atoms with Gasteiger partial charge < -0.3 is 9.64 Å². The first-order valence-electron chi connectivity index (χ1n) is 7.58. The monoisotopic (exact) mass is 275 g/mol. The number of Topliss-reactive ketones (excluding diaryl/α,β-unsaturated/α-hetero) is 1. The van der Waals surface area contributed by atoms with E-state index in [0.29, 0.717) is 12.3 Å². The van der Waals surface area contributed by atoms with Crippen LogP contribution in [0.1, 0.15) is 49.9 Å². The molecule has 3 nitrogen and oxygen atoms in total. The molecule has 0 saturated carbocycles. The standard InChI is InChI=1S/C17H25NO2/c1-13(2)11-16(19)14-7-8-17(20-3)15(12-14)18-9-5-4-6-10-18/h7-8,12-13H,4-6,9-11H2,1-3H3. The summed E-state index contributed by atoms with van der Waals surface area (Å²) in [4.78, 5) is 14.6. The predicted molar refractivity (Wildman–Crippen MR) is 82.8 cm³/mol. The molecule has 2 rings (SSSR count). The van der Waals surface area contributed by atoms with E-state index in [-0.39, 0.29) is 5.78 Å². The second-order valence-electron chi connectivity index (χ2n) is 5.96. The van der Waals surface area contributed by atoms with E-state index in [1.54, 1.807) is 7.11 Å². The summed E-state index contributed by atoms with van der Waals surface area (Å²) >= 11 is 0. The average Bonchev–Trinajstić information content (AvgIpc) is 2.46. The van der Waals surface area contributed by atoms with Crippen molar-refractivity contribution in [2.75, 3.05) is 25.1 Å². The number of carbonyl (C=O) groups is 1. The molecule has 0 aromatic heterocycles. The second-order valence-corrected chi connectivity index (χ2v) is 5.96. The fourth-order valence-electron chi connectivity index (χ4n) is 2.73. The molecule has 0 bridgehead atoms. The molecule has 0 atom stereocenters. The van der Waals surface area contributed by atoms with Crippen molar-refractivity contribution >= 4 is 11.5 Å². The minimum absolute atomic E-state index is 0.223. The fourth-order valence-corrected chi connectivity index (χ4v) is 2.73. The summed E-state index contributed by atoms with van der Waals surface area (Å²) in [6.07, 6.45) is 4.33. The van der Waals surface area contributed by atoms with Crippen LogP contribution in [0.2, 0.25) is 0 Å². The van der Waals surface area contributed by atoms with E-state index in [0.717, 1.165) is 30.1 Å². The van der Waals surface area contributed by atoms with Gasteiger partial charge in [0.25, 0.3) is 0 Å². The van der Waals surface area contributed by atoms with Crippen molar-refractivity contribution < 1.29 is 9.53 Å². The van der Waals surface area contributed by atoms with Crippen molar-refractivity contribution in [3.63, 3.8) is 0 Å². The van der Waals surface area contributed by atoms with E-state index in [4.69, 9.17) is 4.74 Å². The Labute approximate surface area is 121 Å². The van der Waals surface area contributed by atoms with E-state index >= 15 is 0 Å². The Hall–Kier alpha value is -1.51. The number of rotatable bonds is 5. The maximum absolute atomic E-state index is 12.2. The van der Waals surface area contributed by atoms with Gasteiger partial charge in [0.2, 0.25) is 0 Å². The zero-order valence-corrected chi connectivity index (χ0v) is 12.8. The number of benzene rings is 1. The Bertz CT molecular complexity index is 462. The quantitative estimate of drug-likeness (QED) is 0.763. The smallest absolute Gasteiger partial charge is 0.163 e.